The summed E-state index contributed by atoms with van der Waals surface area (Å²) in [6.07, 6.45) is 3.02. The van der Waals surface area contributed by atoms with Gasteiger partial charge in [0.25, 0.3) is 5.91 Å². The van der Waals surface area contributed by atoms with Gasteiger partial charge >= 0.3 is 5.97 Å². The number of phenols is 1. The number of aliphatic hydroxyl groups is 2. The van der Waals surface area contributed by atoms with E-state index in [-0.39, 0.29) is 73.7 Å². The number of hydrogen-bond donors (Lipinski definition) is 6. The van der Waals surface area contributed by atoms with E-state index in [2.05, 4.69) is 44.8 Å². The number of pyridine rings is 1. The van der Waals surface area contributed by atoms with E-state index in [1.807, 2.05) is 24.3 Å². The Kier molecular flexibility index (Phi) is 17.9. The maximum absolute atomic E-state index is 13.9. The molecule has 8 rings (SSSR count). The first-order valence-electron chi connectivity index (χ1n) is 23.9. The van der Waals surface area contributed by atoms with E-state index in [1.165, 1.54) is 17.7 Å². The fourth-order valence-corrected chi connectivity index (χ4v) is 9.23. The minimum absolute atomic E-state index is 0. The monoisotopic (exact) mass is 969 g/mol. The van der Waals surface area contributed by atoms with Crippen molar-refractivity contribution >= 4 is 42.2 Å². The zero-order valence-corrected chi connectivity index (χ0v) is 40.2. The maximum Gasteiger partial charge on any atom is 0.347 e. The first-order valence-corrected chi connectivity index (χ1v) is 23.9. The van der Waals surface area contributed by atoms with Gasteiger partial charge in [0.1, 0.15) is 11.5 Å². The number of hydrogen-bond acceptors (Lipinski definition) is 11. The van der Waals surface area contributed by atoms with Gasteiger partial charge in [0.05, 0.1) is 31.4 Å². The van der Waals surface area contributed by atoms with Crippen LogP contribution in [0.4, 0.5) is 0 Å². The fourth-order valence-electron chi connectivity index (χ4n) is 9.23. The summed E-state index contributed by atoms with van der Waals surface area (Å²) < 4.78 is 12.2. The summed E-state index contributed by atoms with van der Waals surface area (Å²) in [5.74, 6) is -0.386. The molecule has 14 nitrogen and oxygen atoms in total. The lowest BCUT2D eigenvalue weighted by atomic mass is 9.86. The Morgan fingerprint density at radius 2 is 1.43 bits per heavy atom. The zero-order valence-electron chi connectivity index (χ0n) is 39.2. The number of aromatic hydroxyl groups is 1. The molecule has 2 saturated heterocycles. The Hall–Kier alpha value is -6.49. The van der Waals surface area contributed by atoms with Crippen molar-refractivity contribution < 1.29 is 39.2 Å². The third-order valence-corrected chi connectivity index (χ3v) is 13.4. The summed E-state index contributed by atoms with van der Waals surface area (Å²) in [4.78, 5) is 58.5. The molecule has 70 heavy (non-hydrogen) atoms. The van der Waals surface area contributed by atoms with Gasteiger partial charge in [0.15, 0.2) is 0 Å². The molecule has 368 valence electrons. The number of H-pyrrole nitrogens is 1. The maximum atomic E-state index is 13.9. The van der Waals surface area contributed by atoms with Gasteiger partial charge in [-0.2, -0.15) is 13.5 Å². The molecule has 6 aromatic rings. The molecular weight excluding hydrogens is 907 g/mol. The summed E-state index contributed by atoms with van der Waals surface area (Å²) in [7, 11) is 0. The minimum Gasteiger partial charge on any atom is -0.506 e. The van der Waals surface area contributed by atoms with Crippen molar-refractivity contribution in [2.45, 2.75) is 50.4 Å². The number of fused-ring (bicyclic) bond motifs is 1. The van der Waals surface area contributed by atoms with Crippen molar-refractivity contribution in [3.05, 3.63) is 177 Å². The number of benzene rings is 5. The van der Waals surface area contributed by atoms with E-state index in [0.717, 1.165) is 50.9 Å². The average Bonchev–Trinajstić information content (AvgIpc) is 3.39. The highest BCUT2D eigenvalue weighted by atomic mass is 32.1. The lowest BCUT2D eigenvalue weighted by molar-refractivity contribution is -0.164. The molecule has 2 atom stereocenters. The summed E-state index contributed by atoms with van der Waals surface area (Å²) in [5, 5.41) is 39.7. The van der Waals surface area contributed by atoms with Gasteiger partial charge in [-0.3, -0.25) is 19.3 Å². The molecular formula is C55H63N5O9S. The van der Waals surface area contributed by atoms with E-state index in [4.69, 9.17) is 9.47 Å². The average molecular weight is 970 g/mol. The number of esters is 1. The highest BCUT2D eigenvalue weighted by Gasteiger charge is 2.42. The number of aromatic nitrogens is 1. The predicted molar refractivity (Wildman–Crippen MR) is 273 cm³/mol. The van der Waals surface area contributed by atoms with Crippen LogP contribution >= 0.6 is 13.5 Å². The molecule has 2 aliphatic heterocycles. The van der Waals surface area contributed by atoms with E-state index in [1.54, 1.807) is 77.7 Å². The quantitative estimate of drug-likeness (QED) is 0.0415. The van der Waals surface area contributed by atoms with Gasteiger partial charge in [-0.1, -0.05) is 91.0 Å². The van der Waals surface area contributed by atoms with E-state index in [0.29, 0.717) is 66.1 Å². The van der Waals surface area contributed by atoms with Gasteiger partial charge in [0.2, 0.25) is 17.1 Å². The molecule has 5 aromatic carbocycles. The fraction of sp³-hybridized carbons (Fsp3) is 0.345. The number of nitrogens with one attached hydrogen (secondary N) is 3. The third-order valence-electron chi connectivity index (χ3n) is 13.4. The number of amides is 2. The standard InChI is InChI=1S/C55H61N5O9.H2S/c61-48-20-18-46(47-19-21-50(63)58-52(47)48)49(62)33-56-27-22-38-14-16-42(17-15-38)53(65)57-34-51(64)60-30-25-41(26-31-60)36-68-45-13-7-12-44(32-45)55(67,43-10-5-2-6-11-43)54(66)69-37-40-23-28-59(29-24-40)35-39-8-3-1-4-9-39;/h1-21,32,40-41,49,56,61-62,67H,22-31,33-37H2,(H,57,65)(H,58,63);1H2/t49-,55-;/m0./s1. The number of nitrogens with zero attached hydrogens (tertiary/aromatic N) is 2. The summed E-state index contributed by atoms with van der Waals surface area (Å²) >= 11 is 0. The van der Waals surface area contributed by atoms with Crippen LogP contribution in [-0.2, 0) is 32.9 Å². The first-order chi connectivity index (χ1) is 33.5. The highest BCUT2D eigenvalue weighted by Crippen LogP contribution is 2.34. The second-order valence-electron chi connectivity index (χ2n) is 18.2. The topological polar surface area (TPSA) is 194 Å². The van der Waals surface area contributed by atoms with Crippen LogP contribution < -0.4 is 20.9 Å². The molecule has 0 saturated carbocycles. The van der Waals surface area contributed by atoms with Crippen molar-refractivity contribution in [2.75, 3.05) is 59.0 Å². The van der Waals surface area contributed by atoms with Gasteiger partial charge in [0, 0.05) is 48.8 Å². The van der Waals surface area contributed by atoms with Crippen molar-refractivity contribution in [1.82, 2.24) is 25.4 Å². The summed E-state index contributed by atoms with van der Waals surface area (Å²) in [6.45, 7) is 5.11. The number of rotatable bonds is 19. The van der Waals surface area contributed by atoms with Gasteiger partial charge in [-0.25, -0.2) is 4.79 Å². The zero-order chi connectivity index (χ0) is 48.2. The largest absolute Gasteiger partial charge is 0.506 e. The molecule has 0 aliphatic carbocycles. The van der Waals surface area contributed by atoms with E-state index < -0.39 is 17.7 Å². The lowest BCUT2D eigenvalue weighted by Gasteiger charge is -2.33. The number of carbonyl (C=O) groups is 3. The molecule has 6 N–H and O–H groups in total. The Balaban J connectivity index is 0.00000722. The minimum atomic E-state index is -2.04. The Morgan fingerprint density at radius 3 is 2.16 bits per heavy atom. The smallest absolute Gasteiger partial charge is 0.347 e. The predicted octanol–water partition coefficient (Wildman–Crippen LogP) is 5.95. The number of carbonyl (C=O) groups excluding carboxylic acids is 3. The van der Waals surface area contributed by atoms with Crippen molar-refractivity contribution in [3.8, 4) is 11.5 Å². The summed E-state index contributed by atoms with van der Waals surface area (Å²) in [6, 6.07) is 39.4. The molecule has 0 unspecified atom stereocenters. The third kappa shape index (κ3) is 13.0. The Morgan fingerprint density at radius 1 is 0.757 bits per heavy atom. The van der Waals surface area contributed by atoms with Crippen LogP contribution in [0.3, 0.4) is 0 Å². The van der Waals surface area contributed by atoms with Crippen LogP contribution in [0.15, 0.2) is 138 Å². The molecule has 1 aromatic heterocycles. The van der Waals surface area contributed by atoms with Crippen LogP contribution in [0, 0.1) is 11.8 Å². The number of ether oxygens (including phenoxy) is 2. The number of likely N-dealkylation sites (tertiary alicyclic amines) is 2. The van der Waals surface area contributed by atoms with Crippen LogP contribution in [0.2, 0.25) is 0 Å². The molecule has 0 bridgehead atoms. The number of aromatic amines is 1. The van der Waals surface area contributed by atoms with E-state index in [9.17, 15) is 34.5 Å². The van der Waals surface area contributed by atoms with Crippen LogP contribution in [-0.4, -0.2) is 107 Å². The normalized spacial score (nSPS) is 15.9. The second kappa shape index (κ2) is 24.4. The van der Waals surface area contributed by atoms with Crippen molar-refractivity contribution in [3.63, 3.8) is 0 Å². The van der Waals surface area contributed by atoms with Gasteiger partial charge in [-0.05, 0) is 122 Å². The molecule has 2 amide bonds. The highest BCUT2D eigenvalue weighted by molar-refractivity contribution is 7.59. The van der Waals surface area contributed by atoms with Crippen LogP contribution in [0.5, 0.6) is 11.5 Å². The molecule has 15 heteroatoms. The number of aliphatic hydroxyl groups excluding tert-OH is 1. The second-order valence-corrected chi connectivity index (χ2v) is 18.2. The Labute approximate surface area is 415 Å². The summed E-state index contributed by atoms with van der Waals surface area (Å²) in [5.41, 5.74) is 1.97. The first kappa shape index (κ1) is 51.4. The Bertz CT molecular complexity index is 2730. The number of phenolic OH excluding ortho intramolecular Hbond substituents is 1. The van der Waals surface area contributed by atoms with Crippen molar-refractivity contribution in [1.29, 1.82) is 0 Å². The molecule has 2 fully saturated rings. The van der Waals surface area contributed by atoms with Gasteiger partial charge < -0.3 is 45.3 Å². The van der Waals surface area contributed by atoms with E-state index >= 15 is 0 Å². The lowest BCUT2D eigenvalue weighted by Crippen LogP contribution is -2.44. The molecule has 0 spiro atoms. The molecule has 2 aliphatic rings. The van der Waals surface area contributed by atoms with Crippen LogP contribution in [0.25, 0.3) is 10.9 Å². The molecule has 0 radical (unpaired) electrons. The van der Waals surface area contributed by atoms with Crippen molar-refractivity contribution in [2.24, 2.45) is 11.8 Å². The number of piperidine rings is 2. The van der Waals surface area contributed by atoms with Crippen LogP contribution in [0.1, 0.15) is 70.0 Å². The van der Waals surface area contributed by atoms with Gasteiger partial charge in [-0.15, -0.1) is 0 Å². The SMILES string of the molecule is O=C(NCC(=O)N1CCC(COc2cccc([C@](O)(C(=O)OCC3CCN(Cc4ccccc4)CC3)c3ccccc3)c2)CC1)c1ccc(CCNC[C@H](O)c2ccc(O)c3[nH]c(=O)ccc23)cc1.S. The molecule has 3 heterocycles.